The molecular weight excluding hydrogens is 362 g/mol. The fourth-order valence-electron chi connectivity index (χ4n) is 5.22. The van der Waals surface area contributed by atoms with E-state index in [0.717, 1.165) is 40.9 Å². The van der Waals surface area contributed by atoms with Crippen molar-refractivity contribution in [3.05, 3.63) is 71.2 Å². The summed E-state index contributed by atoms with van der Waals surface area (Å²) in [6.07, 6.45) is 7.37. The maximum Gasteiger partial charge on any atom is 0.176 e. The molecule has 2 heterocycles. The predicted molar refractivity (Wildman–Crippen MR) is 108 cm³/mol. The average Bonchev–Trinajstić information content (AvgIpc) is 3.37. The summed E-state index contributed by atoms with van der Waals surface area (Å²) in [6.45, 7) is 1.95. The number of carbonyl (C=O) groups is 1. The van der Waals surface area contributed by atoms with E-state index in [1.54, 1.807) is 4.68 Å². The SMILES string of the molecule is C[C@@H]1C(=O)C(C#N)=C[C@]2(c3ccccc3)c3n[nH]c(-c4cnn(C)c4)c3CC[C@@H]12. The number of carbonyl (C=O) groups excluding carboxylic acids is 1. The third-order valence-corrected chi connectivity index (χ3v) is 6.57. The van der Waals surface area contributed by atoms with Crippen molar-refractivity contribution >= 4 is 5.78 Å². The van der Waals surface area contributed by atoms with Gasteiger partial charge < -0.3 is 0 Å². The number of nitrogens with zero attached hydrogens (tertiary/aromatic N) is 4. The van der Waals surface area contributed by atoms with Crippen LogP contribution in [0.3, 0.4) is 0 Å². The standard InChI is InChI=1S/C23H21N5O/c1-14-19-9-8-18-20(16-12-25-28(2)13-16)26-27-22(18)23(19,10-15(11-24)21(14)29)17-6-4-3-5-7-17/h3-7,10,12-14,19H,8-9H2,1-2H3,(H,26,27)/t14-,19-,23+/m0/s1. The van der Waals surface area contributed by atoms with Crippen LogP contribution in [0.4, 0.5) is 0 Å². The highest BCUT2D eigenvalue weighted by molar-refractivity contribution is 6.02. The van der Waals surface area contributed by atoms with Gasteiger partial charge in [-0.3, -0.25) is 14.6 Å². The topological polar surface area (TPSA) is 87.4 Å². The van der Waals surface area contributed by atoms with Crippen molar-refractivity contribution in [2.24, 2.45) is 18.9 Å². The molecule has 6 heteroatoms. The van der Waals surface area contributed by atoms with E-state index in [-0.39, 0.29) is 23.2 Å². The van der Waals surface area contributed by atoms with Crippen LogP contribution in [0.25, 0.3) is 11.3 Å². The Morgan fingerprint density at radius 3 is 2.79 bits per heavy atom. The quantitative estimate of drug-likeness (QED) is 0.735. The van der Waals surface area contributed by atoms with Gasteiger partial charge in [-0.25, -0.2) is 0 Å². The number of H-pyrrole nitrogens is 1. The predicted octanol–water partition coefficient (Wildman–Crippen LogP) is 3.33. The van der Waals surface area contributed by atoms with E-state index >= 15 is 0 Å². The maximum atomic E-state index is 12.8. The molecule has 0 unspecified atom stereocenters. The van der Waals surface area contributed by atoms with Gasteiger partial charge >= 0.3 is 0 Å². The summed E-state index contributed by atoms with van der Waals surface area (Å²) in [5.41, 5.74) is 4.74. The Hall–Kier alpha value is -3.46. The number of rotatable bonds is 2. The third-order valence-electron chi connectivity index (χ3n) is 6.57. The third kappa shape index (κ3) is 2.37. The van der Waals surface area contributed by atoms with Crippen molar-refractivity contribution in [2.45, 2.75) is 25.2 Å². The van der Waals surface area contributed by atoms with E-state index in [1.165, 1.54) is 0 Å². The van der Waals surface area contributed by atoms with Gasteiger partial charge in [0, 0.05) is 30.3 Å². The Morgan fingerprint density at radius 2 is 2.10 bits per heavy atom. The molecule has 0 amide bonds. The van der Waals surface area contributed by atoms with Crippen molar-refractivity contribution in [3.8, 4) is 17.3 Å². The lowest BCUT2D eigenvalue weighted by atomic mass is 9.54. The van der Waals surface area contributed by atoms with Gasteiger partial charge in [0.2, 0.25) is 0 Å². The van der Waals surface area contributed by atoms with Gasteiger partial charge in [-0.2, -0.15) is 15.5 Å². The van der Waals surface area contributed by atoms with Crippen LogP contribution in [0.15, 0.2) is 54.4 Å². The number of aromatic nitrogens is 4. The molecule has 2 aliphatic rings. The van der Waals surface area contributed by atoms with Crippen LogP contribution >= 0.6 is 0 Å². The molecule has 1 N–H and O–H groups in total. The number of aryl methyl sites for hydroxylation is 1. The number of hydrogen-bond donors (Lipinski definition) is 1. The molecule has 5 rings (SSSR count). The number of fused-ring (bicyclic) bond motifs is 3. The van der Waals surface area contributed by atoms with Gasteiger partial charge in [0.25, 0.3) is 0 Å². The number of hydrogen-bond acceptors (Lipinski definition) is 4. The molecule has 2 aliphatic carbocycles. The molecule has 0 radical (unpaired) electrons. The van der Waals surface area contributed by atoms with Crippen LogP contribution in [0.1, 0.15) is 30.2 Å². The molecule has 0 saturated heterocycles. The van der Waals surface area contributed by atoms with Gasteiger partial charge in [-0.1, -0.05) is 37.3 Å². The minimum absolute atomic E-state index is 0.0597. The second kappa shape index (κ2) is 6.28. The Bertz CT molecular complexity index is 1180. The number of benzene rings is 1. The molecule has 0 saturated carbocycles. The Morgan fingerprint density at radius 1 is 1.31 bits per heavy atom. The Balaban J connectivity index is 1.81. The highest BCUT2D eigenvalue weighted by Gasteiger charge is 2.53. The summed E-state index contributed by atoms with van der Waals surface area (Å²) in [5, 5.41) is 22.0. The summed E-state index contributed by atoms with van der Waals surface area (Å²) < 4.78 is 1.77. The summed E-state index contributed by atoms with van der Waals surface area (Å²) >= 11 is 0. The van der Waals surface area contributed by atoms with Crippen LogP contribution in [0.5, 0.6) is 0 Å². The van der Waals surface area contributed by atoms with Crippen LogP contribution in [0.2, 0.25) is 0 Å². The first-order valence-electron chi connectivity index (χ1n) is 9.85. The normalized spacial score (nSPS) is 25.7. The minimum Gasteiger partial charge on any atom is -0.293 e. The molecule has 0 fully saturated rings. The lowest BCUT2D eigenvalue weighted by Crippen LogP contribution is -2.48. The van der Waals surface area contributed by atoms with Gasteiger partial charge in [-0.15, -0.1) is 0 Å². The second-order valence-electron chi connectivity index (χ2n) is 8.03. The molecule has 2 aromatic heterocycles. The van der Waals surface area contributed by atoms with E-state index in [9.17, 15) is 10.1 Å². The van der Waals surface area contributed by atoms with Crippen molar-refractivity contribution in [1.29, 1.82) is 5.26 Å². The maximum absolute atomic E-state index is 12.8. The highest BCUT2D eigenvalue weighted by atomic mass is 16.1. The first-order chi connectivity index (χ1) is 14.1. The summed E-state index contributed by atoms with van der Waals surface area (Å²) in [4.78, 5) is 12.8. The van der Waals surface area contributed by atoms with Crippen LogP contribution in [-0.2, 0) is 23.7 Å². The van der Waals surface area contributed by atoms with E-state index in [0.29, 0.717) is 0 Å². The van der Waals surface area contributed by atoms with Crippen molar-refractivity contribution in [2.75, 3.05) is 0 Å². The summed E-state index contributed by atoms with van der Waals surface area (Å²) in [6, 6.07) is 12.3. The summed E-state index contributed by atoms with van der Waals surface area (Å²) in [7, 11) is 1.89. The fourth-order valence-corrected chi connectivity index (χ4v) is 5.22. The second-order valence-corrected chi connectivity index (χ2v) is 8.03. The number of aromatic amines is 1. The molecule has 29 heavy (non-hydrogen) atoms. The molecule has 144 valence electrons. The number of Topliss-reactive ketones (excluding diaryl/α,β-unsaturated/α-hetero) is 1. The van der Waals surface area contributed by atoms with E-state index < -0.39 is 5.41 Å². The van der Waals surface area contributed by atoms with Gasteiger partial charge in [0.05, 0.1) is 28.6 Å². The van der Waals surface area contributed by atoms with Crippen molar-refractivity contribution in [3.63, 3.8) is 0 Å². The molecule has 0 spiro atoms. The Labute approximate surface area is 168 Å². The molecule has 1 aromatic carbocycles. The Kier molecular flexibility index (Phi) is 3.82. The van der Waals surface area contributed by atoms with E-state index in [2.05, 4.69) is 28.4 Å². The molecule has 0 aliphatic heterocycles. The van der Waals surface area contributed by atoms with Crippen LogP contribution in [0, 0.1) is 23.2 Å². The first kappa shape index (κ1) is 17.6. The molecule has 3 aromatic rings. The van der Waals surface area contributed by atoms with Crippen molar-refractivity contribution in [1.82, 2.24) is 20.0 Å². The zero-order valence-electron chi connectivity index (χ0n) is 16.4. The fraction of sp³-hybridized carbons (Fsp3) is 0.304. The number of nitrogens with one attached hydrogen (secondary N) is 1. The van der Waals surface area contributed by atoms with Gasteiger partial charge in [-0.05, 0) is 30.4 Å². The van der Waals surface area contributed by atoms with Gasteiger partial charge in [0.1, 0.15) is 6.07 Å². The molecular formula is C23H21N5O. The molecule has 6 nitrogen and oxygen atoms in total. The first-order valence-corrected chi connectivity index (χ1v) is 9.85. The van der Waals surface area contributed by atoms with E-state index in [1.807, 2.05) is 50.6 Å². The number of nitriles is 1. The monoisotopic (exact) mass is 383 g/mol. The molecule has 0 bridgehead atoms. The van der Waals surface area contributed by atoms with Crippen LogP contribution < -0.4 is 0 Å². The average molecular weight is 383 g/mol. The lowest BCUT2D eigenvalue weighted by Gasteiger charge is -2.46. The van der Waals surface area contributed by atoms with Crippen LogP contribution in [-0.4, -0.2) is 25.8 Å². The zero-order valence-corrected chi connectivity index (χ0v) is 16.4. The molecule has 3 atom stereocenters. The largest absolute Gasteiger partial charge is 0.293 e. The smallest absolute Gasteiger partial charge is 0.176 e. The minimum atomic E-state index is -0.593. The summed E-state index contributed by atoms with van der Waals surface area (Å²) in [5.74, 6) is -0.232. The van der Waals surface area contributed by atoms with Gasteiger partial charge in [0.15, 0.2) is 5.78 Å². The number of ketones is 1. The lowest BCUT2D eigenvalue weighted by molar-refractivity contribution is -0.121. The van der Waals surface area contributed by atoms with Crippen molar-refractivity contribution < 1.29 is 4.79 Å². The zero-order chi connectivity index (χ0) is 20.2. The van der Waals surface area contributed by atoms with E-state index in [4.69, 9.17) is 5.10 Å². The number of allylic oxidation sites excluding steroid dienone is 2. The highest BCUT2D eigenvalue weighted by Crippen LogP contribution is 2.54.